The van der Waals surface area contributed by atoms with Crippen LogP contribution in [0.25, 0.3) is 16.9 Å². The maximum atomic E-state index is 12.4. The SMILES string of the molecule is CCCCCc1cc(C2=CC(CCCC)=C(c3cc(CCCCC)c(CCCCC)c(CCCCC)c3)[N+]2=[N-])cc(CCCCC)c1CCCCC.CCC[O][Ni][O]CCC. The van der Waals surface area contributed by atoms with Crippen molar-refractivity contribution in [1.29, 1.82) is 0 Å². The maximum absolute atomic E-state index is 12.4. The summed E-state index contributed by atoms with van der Waals surface area (Å²) in [4.78, 5) is 0. The second-order valence-electron chi connectivity index (χ2n) is 17.8. The van der Waals surface area contributed by atoms with E-state index in [4.69, 9.17) is 7.76 Å². The van der Waals surface area contributed by atoms with Crippen LogP contribution in [0.5, 0.6) is 0 Å². The molecule has 5 heteroatoms. The second-order valence-corrected chi connectivity index (χ2v) is 18.5. The van der Waals surface area contributed by atoms with Crippen LogP contribution >= 0.6 is 0 Å². The van der Waals surface area contributed by atoms with Gasteiger partial charge in [0.15, 0.2) is 0 Å². The topological polar surface area (TPSA) is 43.8 Å². The molecule has 0 radical (unpaired) electrons. The Morgan fingerprint density at radius 3 is 1.10 bits per heavy atom. The van der Waals surface area contributed by atoms with Crippen LogP contribution in [-0.4, -0.2) is 17.9 Å². The number of aryl methyl sites for hydroxylation is 4. The van der Waals surface area contributed by atoms with E-state index < -0.39 is 0 Å². The molecular weight excluding hydrogens is 791 g/mol. The Morgan fingerprint density at radius 1 is 0.410 bits per heavy atom. The van der Waals surface area contributed by atoms with Gasteiger partial charge >= 0.3 is 62.7 Å². The summed E-state index contributed by atoms with van der Waals surface area (Å²) >= 11 is 0.942. The van der Waals surface area contributed by atoms with Crippen molar-refractivity contribution in [2.24, 2.45) is 0 Å². The predicted molar refractivity (Wildman–Crippen MR) is 263 cm³/mol. The van der Waals surface area contributed by atoms with E-state index in [1.165, 1.54) is 145 Å². The Balaban J connectivity index is 0.00000127. The molecule has 0 fully saturated rings. The standard InChI is InChI=1S/C50H80N2.2C3H7O.Ni/c1-8-15-22-29-40-35-45(36-41(30-23-16-9-2)47(40)33-26-19-12-5)49-39-44(28-21-14-7)50(52(49)51)46-37-42(31-24-17-10-3)48(34-27-20-13-6)43(38-46)32-25-18-11-4;2*1-2-3-4;/h35-39H,8-34H2,1-7H3;2*2-3H2,1H3;/q;2*-1;+2. The molecule has 0 bridgehead atoms. The van der Waals surface area contributed by atoms with Gasteiger partial charge in [-0.3, -0.25) is 0 Å². The summed E-state index contributed by atoms with van der Waals surface area (Å²) in [6, 6.07) is 9.98. The molecule has 350 valence electrons. The fourth-order valence-corrected chi connectivity index (χ4v) is 9.26. The van der Waals surface area contributed by atoms with Crippen molar-refractivity contribution in [3.8, 4) is 0 Å². The van der Waals surface area contributed by atoms with Crippen LogP contribution in [0, 0.1) is 0 Å². The monoisotopic (exact) mass is 885 g/mol. The molecule has 2 aromatic carbocycles. The zero-order valence-electron chi connectivity index (χ0n) is 41.3. The molecule has 0 spiro atoms. The van der Waals surface area contributed by atoms with E-state index in [0.717, 1.165) is 97.5 Å². The summed E-state index contributed by atoms with van der Waals surface area (Å²) < 4.78 is 11.6. The molecular formula is C56H94N2NiO2. The molecule has 0 aliphatic carbocycles. The zero-order valence-corrected chi connectivity index (χ0v) is 42.3. The van der Waals surface area contributed by atoms with Gasteiger partial charge in [-0.05, 0) is 148 Å². The Morgan fingerprint density at radius 2 is 0.754 bits per heavy atom. The van der Waals surface area contributed by atoms with E-state index in [2.05, 4.69) is 92.7 Å². The number of hydrogen-bond acceptors (Lipinski definition) is 2. The molecule has 1 heterocycles. The van der Waals surface area contributed by atoms with Gasteiger partial charge in [-0.15, -0.1) is 0 Å². The van der Waals surface area contributed by atoms with Crippen molar-refractivity contribution in [2.45, 2.75) is 249 Å². The first-order valence-corrected chi connectivity index (χ1v) is 26.8. The van der Waals surface area contributed by atoms with Gasteiger partial charge in [0.2, 0.25) is 11.4 Å². The van der Waals surface area contributed by atoms with Gasteiger partial charge in [0.1, 0.15) is 0 Å². The summed E-state index contributed by atoms with van der Waals surface area (Å²) in [6.45, 7) is 21.9. The van der Waals surface area contributed by atoms with Crippen molar-refractivity contribution in [2.75, 3.05) is 13.2 Å². The third-order valence-electron chi connectivity index (χ3n) is 12.2. The molecule has 4 nitrogen and oxygen atoms in total. The van der Waals surface area contributed by atoms with Crippen LogP contribution < -0.4 is 0 Å². The first-order valence-electron chi connectivity index (χ1n) is 26.0. The molecule has 0 N–H and O–H groups in total. The van der Waals surface area contributed by atoms with E-state index in [0.29, 0.717) is 0 Å². The zero-order chi connectivity index (χ0) is 44.5. The Labute approximate surface area is 384 Å². The van der Waals surface area contributed by atoms with E-state index in [9.17, 15) is 5.53 Å². The van der Waals surface area contributed by atoms with Crippen LogP contribution in [-0.2, 0) is 61.4 Å². The van der Waals surface area contributed by atoms with Gasteiger partial charge in [0, 0.05) is 22.8 Å². The van der Waals surface area contributed by atoms with Crippen molar-refractivity contribution in [3.05, 3.63) is 86.0 Å². The van der Waals surface area contributed by atoms with Crippen molar-refractivity contribution >= 4 is 11.4 Å². The van der Waals surface area contributed by atoms with Crippen LogP contribution in [0.1, 0.15) is 255 Å². The molecule has 1 aliphatic rings. The van der Waals surface area contributed by atoms with Gasteiger partial charge in [-0.2, -0.15) is 0 Å². The first kappa shape index (κ1) is 55.1. The molecule has 1 aliphatic heterocycles. The molecule has 0 unspecified atom stereocenters. The molecule has 61 heavy (non-hydrogen) atoms. The van der Waals surface area contributed by atoms with Gasteiger partial charge in [0.25, 0.3) is 0 Å². The predicted octanol–water partition coefficient (Wildman–Crippen LogP) is 17.8. The summed E-state index contributed by atoms with van der Waals surface area (Å²) in [5, 5.41) is 0. The number of hydrogen-bond donors (Lipinski definition) is 0. The second kappa shape index (κ2) is 35.3. The number of unbranched alkanes of at least 4 members (excludes halogenated alkanes) is 13. The fourth-order valence-electron chi connectivity index (χ4n) is 8.61. The molecule has 2 aromatic rings. The van der Waals surface area contributed by atoms with Gasteiger partial charge in [0.05, 0.1) is 0 Å². The van der Waals surface area contributed by atoms with Crippen molar-refractivity contribution in [1.82, 2.24) is 0 Å². The van der Waals surface area contributed by atoms with Gasteiger partial charge in [-0.25, -0.2) is 4.70 Å². The summed E-state index contributed by atoms with van der Waals surface area (Å²) in [5.74, 6) is 0. The van der Waals surface area contributed by atoms with Crippen LogP contribution in [0.4, 0.5) is 0 Å². The minimum absolute atomic E-state index is 0.781. The van der Waals surface area contributed by atoms with Crippen molar-refractivity contribution in [3.63, 3.8) is 0 Å². The Hall–Kier alpha value is -2.07. The van der Waals surface area contributed by atoms with Crippen LogP contribution in [0.2, 0.25) is 0 Å². The molecule has 0 saturated carbocycles. The van der Waals surface area contributed by atoms with E-state index in [1.54, 1.807) is 38.1 Å². The summed E-state index contributed by atoms with van der Waals surface area (Å²) in [6.07, 6.45) is 37.5. The number of allylic oxidation sites excluding steroid dienone is 2. The summed E-state index contributed by atoms with van der Waals surface area (Å²) in [7, 11) is 0. The summed E-state index contributed by atoms with van der Waals surface area (Å²) in [5.41, 5.74) is 27.7. The van der Waals surface area contributed by atoms with Crippen molar-refractivity contribution < 1.29 is 27.5 Å². The van der Waals surface area contributed by atoms with Crippen LogP contribution in [0.3, 0.4) is 0 Å². The minimum atomic E-state index is 0.781. The van der Waals surface area contributed by atoms with Gasteiger partial charge in [-0.1, -0.05) is 132 Å². The van der Waals surface area contributed by atoms with E-state index in [1.807, 2.05) is 0 Å². The van der Waals surface area contributed by atoms with E-state index >= 15 is 0 Å². The molecule has 0 aromatic heterocycles. The number of rotatable bonds is 35. The molecule has 0 atom stereocenters. The number of benzene rings is 2. The third-order valence-corrected chi connectivity index (χ3v) is 12.8. The normalized spacial score (nSPS) is 12.7. The first-order chi connectivity index (χ1) is 29.9. The molecule has 0 saturated heterocycles. The van der Waals surface area contributed by atoms with E-state index in [-0.39, 0.29) is 0 Å². The Bertz CT molecular complexity index is 1470. The molecule has 0 amide bonds. The number of nitrogens with zero attached hydrogens (tertiary/aromatic N) is 2. The fraction of sp³-hybridized carbons (Fsp3) is 0.714. The molecule has 3 rings (SSSR count). The third kappa shape index (κ3) is 20.5. The van der Waals surface area contributed by atoms with Crippen LogP contribution in [0.15, 0.2) is 35.9 Å². The quantitative estimate of drug-likeness (QED) is 0.0393. The van der Waals surface area contributed by atoms with Gasteiger partial charge < -0.3 is 5.53 Å². The average Bonchev–Trinajstić information content (AvgIpc) is 3.60. The average molecular weight is 886 g/mol. The Kier molecular flexibility index (Phi) is 31.9.